The molecule has 0 saturated carbocycles. The molecule has 28 heavy (non-hydrogen) atoms. The van der Waals surface area contributed by atoms with Gasteiger partial charge in [0.15, 0.2) is 5.71 Å². The molecule has 0 unspecified atom stereocenters. The van der Waals surface area contributed by atoms with Gasteiger partial charge < -0.3 is 20.3 Å². The minimum absolute atomic E-state index is 0.0191. The summed E-state index contributed by atoms with van der Waals surface area (Å²) in [6.07, 6.45) is -3.69. The molecule has 1 amide bonds. The molecule has 10 heteroatoms. The number of alkyl halides is 3. The SMILES string of the molecule is CCCc1c(OCCCC(=O)N[C@@H](C)C(=O)O)ccc(C(=N)C(F)(F)F)c1[OH2+]. The lowest BCUT2D eigenvalue weighted by Crippen LogP contribution is -2.38. The van der Waals surface area contributed by atoms with E-state index < -0.39 is 41.1 Å². The summed E-state index contributed by atoms with van der Waals surface area (Å²) in [6, 6.07) is 1.32. The highest BCUT2D eigenvalue weighted by molar-refractivity contribution is 6.04. The van der Waals surface area contributed by atoms with E-state index in [0.717, 1.165) is 6.07 Å². The van der Waals surface area contributed by atoms with Crippen LogP contribution in [-0.2, 0) is 16.0 Å². The molecule has 0 fully saturated rings. The average Bonchev–Trinajstić information content (AvgIpc) is 2.60. The molecule has 1 atom stereocenters. The monoisotopic (exact) mass is 405 g/mol. The number of aliphatic carboxylic acids is 1. The van der Waals surface area contributed by atoms with Gasteiger partial charge in [0.1, 0.15) is 17.4 Å². The first kappa shape index (κ1) is 23.3. The van der Waals surface area contributed by atoms with Gasteiger partial charge in [-0.15, -0.1) is 0 Å². The zero-order valence-corrected chi connectivity index (χ0v) is 15.6. The first-order chi connectivity index (χ1) is 13.0. The van der Waals surface area contributed by atoms with Crippen molar-refractivity contribution < 1.29 is 37.7 Å². The van der Waals surface area contributed by atoms with Gasteiger partial charge in [-0.05, 0) is 31.9 Å². The van der Waals surface area contributed by atoms with E-state index >= 15 is 0 Å². The van der Waals surface area contributed by atoms with Crippen molar-refractivity contribution in [3.63, 3.8) is 0 Å². The van der Waals surface area contributed by atoms with Crippen molar-refractivity contribution in [1.82, 2.24) is 5.32 Å². The molecule has 0 radical (unpaired) electrons. The Bertz CT molecular complexity index is 735. The van der Waals surface area contributed by atoms with Crippen LogP contribution in [0.5, 0.6) is 11.5 Å². The third-order valence-electron chi connectivity index (χ3n) is 3.88. The Hall–Kier alpha value is -2.78. The Balaban J connectivity index is 2.78. The summed E-state index contributed by atoms with van der Waals surface area (Å²) >= 11 is 0. The maximum Gasteiger partial charge on any atom is 0.433 e. The fraction of sp³-hybridized carbons (Fsp3) is 0.500. The maximum absolute atomic E-state index is 12.8. The number of amides is 1. The summed E-state index contributed by atoms with van der Waals surface area (Å²) in [5.74, 6) is -1.76. The van der Waals surface area contributed by atoms with Crippen molar-refractivity contribution in [3.8, 4) is 11.5 Å². The molecule has 1 aromatic rings. The van der Waals surface area contributed by atoms with Crippen LogP contribution in [0.4, 0.5) is 13.2 Å². The topological polar surface area (TPSA) is 122 Å². The predicted octanol–water partition coefficient (Wildman–Crippen LogP) is 2.76. The zero-order chi connectivity index (χ0) is 21.5. The van der Waals surface area contributed by atoms with Crippen LogP contribution in [0.25, 0.3) is 0 Å². The van der Waals surface area contributed by atoms with Gasteiger partial charge >= 0.3 is 12.1 Å². The summed E-state index contributed by atoms with van der Waals surface area (Å²) < 4.78 is 43.9. The van der Waals surface area contributed by atoms with Crippen LogP contribution in [0.1, 0.15) is 44.2 Å². The third-order valence-corrected chi connectivity index (χ3v) is 3.88. The molecule has 0 aromatic heterocycles. The Morgan fingerprint density at radius 2 is 2.00 bits per heavy atom. The lowest BCUT2D eigenvalue weighted by Gasteiger charge is -2.15. The number of rotatable bonds is 10. The highest BCUT2D eigenvalue weighted by Crippen LogP contribution is 2.35. The molecule has 0 aliphatic carbocycles. The number of carboxylic acids is 1. The van der Waals surface area contributed by atoms with Crippen LogP contribution in [0.3, 0.4) is 0 Å². The van der Waals surface area contributed by atoms with Gasteiger partial charge in [0.05, 0.1) is 12.2 Å². The summed E-state index contributed by atoms with van der Waals surface area (Å²) in [7, 11) is 0. The Morgan fingerprint density at radius 3 is 2.54 bits per heavy atom. The lowest BCUT2D eigenvalue weighted by molar-refractivity contribution is -0.141. The summed E-state index contributed by atoms with van der Waals surface area (Å²) in [4.78, 5) is 22.3. The van der Waals surface area contributed by atoms with E-state index in [9.17, 15) is 22.8 Å². The predicted molar refractivity (Wildman–Crippen MR) is 96.4 cm³/mol. The zero-order valence-electron chi connectivity index (χ0n) is 15.6. The molecule has 0 aliphatic rings. The molecule has 5 N–H and O–H groups in total. The van der Waals surface area contributed by atoms with Gasteiger partial charge in [0, 0.05) is 6.42 Å². The summed E-state index contributed by atoms with van der Waals surface area (Å²) in [6.45, 7) is 3.21. The highest BCUT2D eigenvalue weighted by atomic mass is 19.4. The quantitative estimate of drug-likeness (QED) is 0.315. The average molecular weight is 405 g/mol. The maximum atomic E-state index is 12.8. The lowest BCUT2D eigenvalue weighted by atomic mass is 10.00. The number of hydrogen-bond acceptors (Lipinski definition) is 4. The largest absolute Gasteiger partial charge is 0.593 e. The smallest absolute Gasteiger partial charge is 0.433 e. The van der Waals surface area contributed by atoms with Crippen molar-refractivity contribution in [2.45, 2.75) is 51.7 Å². The second-order valence-corrected chi connectivity index (χ2v) is 6.17. The van der Waals surface area contributed by atoms with Crippen molar-refractivity contribution in [2.24, 2.45) is 0 Å². The number of carbonyl (C=O) groups is 2. The molecule has 0 spiro atoms. The van der Waals surface area contributed by atoms with Crippen LogP contribution >= 0.6 is 0 Å². The van der Waals surface area contributed by atoms with E-state index in [2.05, 4.69) is 5.32 Å². The summed E-state index contributed by atoms with van der Waals surface area (Å²) in [5, 5.41) is 26.3. The second-order valence-electron chi connectivity index (χ2n) is 6.17. The minimum atomic E-state index is -4.85. The summed E-state index contributed by atoms with van der Waals surface area (Å²) in [5.41, 5.74) is -1.81. The van der Waals surface area contributed by atoms with Gasteiger partial charge in [-0.25, -0.2) is 0 Å². The molecular formula is C18H24F3N2O5+. The van der Waals surface area contributed by atoms with Crippen LogP contribution in [0, 0.1) is 5.41 Å². The number of hydrogen-bond donors (Lipinski definition) is 3. The van der Waals surface area contributed by atoms with Crippen LogP contribution < -0.4 is 10.1 Å². The molecular weight excluding hydrogens is 381 g/mol. The minimum Gasteiger partial charge on any atom is -0.593 e. The van der Waals surface area contributed by atoms with Gasteiger partial charge in [-0.2, -0.15) is 13.2 Å². The standard InChI is InChI=1S/C18H23F3N2O5/c1-3-5-11-13(8-7-12(15(11)25)16(22)18(19,20)21)28-9-4-6-14(24)23-10(2)17(26)27/h7-8,10,22,25H,3-6,9H2,1-2H3,(H,23,24)(H,26,27)/p+1/t10-/m0/s1. The van der Waals surface area contributed by atoms with Crippen molar-refractivity contribution in [2.75, 3.05) is 6.61 Å². The van der Waals surface area contributed by atoms with Crippen LogP contribution in [-0.4, -0.2) is 46.6 Å². The molecule has 0 aliphatic heterocycles. The first-order valence-corrected chi connectivity index (χ1v) is 8.67. The molecule has 7 nitrogen and oxygen atoms in total. The molecule has 0 saturated heterocycles. The molecule has 1 aromatic carbocycles. The number of carbonyl (C=O) groups excluding carboxylic acids is 1. The fourth-order valence-electron chi connectivity index (χ4n) is 2.41. The van der Waals surface area contributed by atoms with E-state index in [0.29, 0.717) is 12.8 Å². The Kier molecular flexibility index (Phi) is 8.27. The number of ether oxygens (including phenoxy) is 1. The number of carboxylic acid groups (broad SMARTS) is 1. The Morgan fingerprint density at radius 1 is 1.36 bits per heavy atom. The van der Waals surface area contributed by atoms with Gasteiger partial charge in [-0.3, -0.25) is 15.0 Å². The van der Waals surface area contributed by atoms with E-state index in [1.807, 2.05) is 0 Å². The van der Waals surface area contributed by atoms with Crippen molar-refractivity contribution in [1.29, 1.82) is 5.41 Å². The number of benzene rings is 1. The van der Waals surface area contributed by atoms with Gasteiger partial charge in [0.2, 0.25) is 5.91 Å². The molecule has 0 bridgehead atoms. The van der Waals surface area contributed by atoms with Crippen LogP contribution in [0.2, 0.25) is 0 Å². The molecule has 1 rings (SSSR count). The van der Waals surface area contributed by atoms with E-state index in [4.69, 9.17) is 20.4 Å². The number of halogens is 3. The van der Waals surface area contributed by atoms with Crippen LogP contribution in [0.15, 0.2) is 12.1 Å². The number of nitrogens with one attached hydrogen (secondary N) is 2. The second kappa shape index (κ2) is 9.95. The normalized spacial score (nSPS) is 12.3. The molecule has 0 heterocycles. The fourth-order valence-corrected chi connectivity index (χ4v) is 2.41. The first-order valence-electron chi connectivity index (χ1n) is 8.67. The Labute approximate surface area is 160 Å². The van der Waals surface area contributed by atoms with Crippen molar-refractivity contribution in [3.05, 3.63) is 23.3 Å². The van der Waals surface area contributed by atoms with Crippen molar-refractivity contribution >= 4 is 17.6 Å². The van der Waals surface area contributed by atoms with E-state index in [1.165, 1.54) is 13.0 Å². The highest BCUT2D eigenvalue weighted by Gasteiger charge is 2.38. The molecule has 156 valence electrons. The van der Waals surface area contributed by atoms with E-state index in [1.54, 1.807) is 6.92 Å². The van der Waals surface area contributed by atoms with Gasteiger partial charge in [0.25, 0.3) is 5.75 Å². The van der Waals surface area contributed by atoms with E-state index in [-0.39, 0.29) is 30.8 Å². The third kappa shape index (κ3) is 6.43. The van der Waals surface area contributed by atoms with Gasteiger partial charge in [-0.1, -0.05) is 13.3 Å².